The number of para-hydroxylation sites is 1. The van der Waals surface area contributed by atoms with Gasteiger partial charge in [-0.25, -0.2) is 4.98 Å². The Balaban J connectivity index is 1.68. The second-order valence-electron chi connectivity index (χ2n) is 6.08. The molecule has 3 rings (SSSR count). The van der Waals surface area contributed by atoms with Crippen molar-refractivity contribution in [2.45, 2.75) is 31.7 Å². The highest BCUT2D eigenvalue weighted by atomic mass is 32.2. The van der Waals surface area contributed by atoms with Crippen LogP contribution in [0, 0.1) is 13.8 Å². The lowest BCUT2D eigenvalue weighted by Crippen LogP contribution is -2.24. The second kappa shape index (κ2) is 7.39. The van der Waals surface area contributed by atoms with Gasteiger partial charge in [0.05, 0.1) is 22.4 Å². The topological polar surface area (TPSA) is 78.3 Å². The van der Waals surface area contributed by atoms with Crippen LogP contribution >= 0.6 is 0 Å². The molecule has 0 amide bonds. The van der Waals surface area contributed by atoms with E-state index in [0.29, 0.717) is 29.7 Å². The van der Waals surface area contributed by atoms with Crippen LogP contribution in [0.4, 0.5) is 0 Å². The van der Waals surface area contributed by atoms with E-state index in [2.05, 4.69) is 4.98 Å². The molecule has 0 saturated heterocycles. The van der Waals surface area contributed by atoms with Gasteiger partial charge in [-0.05, 0) is 44.5 Å². The normalized spacial score (nSPS) is 11.8. The number of aromatic nitrogens is 2. The number of rotatable bonds is 6. The van der Waals surface area contributed by atoms with Crippen LogP contribution < -0.4 is 5.56 Å². The lowest BCUT2D eigenvalue weighted by atomic mass is 10.2. The first-order valence-corrected chi connectivity index (χ1v) is 9.71. The van der Waals surface area contributed by atoms with E-state index in [4.69, 9.17) is 4.18 Å². The van der Waals surface area contributed by atoms with Crippen molar-refractivity contribution in [1.29, 1.82) is 0 Å². The highest BCUT2D eigenvalue weighted by Gasteiger charge is 2.15. The molecule has 0 unspecified atom stereocenters. The van der Waals surface area contributed by atoms with Crippen LogP contribution in [0.2, 0.25) is 0 Å². The third kappa shape index (κ3) is 3.84. The predicted octanol–water partition coefficient (Wildman–Crippen LogP) is 2.81. The maximum Gasteiger partial charge on any atom is 0.296 e. The van der Waals surface area contributed by atoms with E-state index < -0.39 is 10.1 Å². The van der Waals surface area contributed by atoms with Gasteiger partial charge in [0.1, 0.15) is 5.82 Å². The van der Waals surface area contributed by atoms with E-state index >= 15 is 0 Å². The van der Waals surface area contributed by atoms with Crippen LogP contribution in [0.1, 0.15) is 17.8 Å². The minimum Gasteiger partial charge on any atom is -0.296 e. The first-order chi connectivity index (χ1) is 12.4. The van der Waals surface area contributed by atoms with Crippen molar-refractivity contribution in [3.8, 4) is 0 Å². The first-order valence-electron chi connectivity index (χ1n) is 8.31. The average Bonchev–Trinajstić information content (AvgIpc) is 2.61. The molecule has 7 heteroatoms. The smallest absolute Gasteiger partial charge is 0.296 e. The molecule has 0 fully saturated rings. The van der Waals surface area contributed by atoms with Gasteiger partial charge >= 0.3 is 0 Å². The van der Waals surface area contributed by atoms with Crippen molar-refractivity contribution >= 4 is 21.0 Å². The van der Waals surface area contributed by atoms with Crippen LogP contribution in [0.5, 0.6) is 0 Å². The molecular weight excluding hydrogens is 352 g/mol. The molecular formula is C19H20N2O4S. The number of fused-ring (bicyclic) bond motifs is 1. The van der Waals surface area contributed by atoms with E-state index in [-0.39, 0.29) is 17.1 Å². The number of hydrogen-bond donors (Lipinski definition) is 0. The van der Waals surface area contributed by atoms with Crippen molar-refractivity contribution < 1.29 is 12.6 Å². The van der Waals surface area contributed by atoms with Crippen LogP contribution in [-0.2, 0) is 20.8 Å². The summed E-state index contributed by atoms with van der Waals surface area (Å²) in [6.07, 6.45) is 0.381. The summed E-state index contributed by atoms with van der Waals surface area (Å²) in [5, 5.41) is 0.547. The maximum absolute atomic E-state index is 12.6. The van der Waals surface area contributed by atoms with Gasteiger partial charge in [-0.1, -0.05) is 29.8 Å². The third-order valence-corrected chi connectivity index (χ3v) is 5.45. The minimum absolute atomic E-state index is 0.00504. The van der Waals surface area contributed by atoms with Crippen molar-refractivity contribution in [2.24, 2.45) is 0 Å². The first kappa shape index (κ1) is 18.3. The number of aryl methyl sites for hydroxylation is 2. The quantitative estimate of drug-likeness (QED) is 0.491. The Kier molecular flexibility index (Phi) is 5.20. The van der Waals surface area contributed by atoms with Crippen molar-refractivity contribution in [2.75, 3.05) is 6.61 Å². The Labute approximate surface area is 152 Å². The fourth-order valence-corrected chi connectivity index (χ4v) is 3.65. The molecule has 6 nitrogen and oxygen atoms in total. The Morgan fingerprint density at radius 3 is 2.46 bits per heavy atom. The summed E-state index contributed by atoms with van der Waals surface area (Å²) < 4.78 is 30.9. The van der Waals surface area contributed by atoms with Crippen LogP contribution in [-0.4, -0.2) is 24.6 Å². The molecule has 0 N–H and O–H groups in total. The molecule has 136 valence electrons. The summed E-state index contributed by atoms with van der Waals surface area (Å²) in [6, 6.07) is 13.6. The molecule has 0 bridgehead atoms. The zero-order valence-corrected chi connectivity index (χ0v) is 15.5. The Hall–Kier alpha value is -2.51. The van der Waals surface area contributed by atoms with Gasteiger partial charge in [0.15, 0.2) is 0 Å². The average molecular weight is 372 g/mol. The zero-order chi connectivity index (χ0) is 18.7. The standard InChI is InChI=1S/C19H20N2O4S/c1-14-8-10-16(11-9-14)26(23,24)25-13-5-12-21-15(2)20-18-7-4-3-6-17(18)19(21)22/h3-4,6-11H,5,12-13H2,1-2H3. The van der Waals surface area contributed by atoms with E-state index in [9.17, 15) is 13.2 Å². The van der Waals surface area contributed by atoms with E-state index in [1.54, 1.807) is 41.8 Å². The molecule has 0 aliphatic rings. The largest absolute Gasteiger partial charge is 0.296 e. The maximum atomic E-state index is 12.6. The fourth-order valence-electron chi connectivity index (χ4n) is 2.71. The van der Waals surface area contributed by atoms with Crippen LogP contribution in [0.15, 0.2) is 58.2 Å². The second-order valence-corrected chi connectivity index (χ2v) is 7.69. The molecule has 0 aliphatic heterocycles. The monoisotopic (exact) mass is 372 g/mol. The molecule has 0 radical (unpaired) electrons. The number of nitrogens with zero attached hydrogens (tertiary/aromatic N) is 2. The molecule has 3 aromatic rings. The van der Waals surface area contributed by atoms with E-state index in [1.807, 2.05) is 13.0 Å². The zero-order valence-electron chi connectivity index (χ0n) is 14.7. The summed E-state index contributed by atoms with van der Waals surface area (Å²) in [6.45, 7) is 3.98. The van der Waals surface area contributed by atoms with Gasteiger partial charge in [0.25, 0.3) is 15.7 Å². The van der Waals surface area contributed by atoms with Gasteiger partial charge in [-0.15, -0.1) is 0 Å². The van der Waals surface area contributed by atoms with Crippen LogP contribution in [0.25, 0.3) is 10.9 Å². The minimum atomic E-state index is -3.79. The SMILES string of the molecule is Cc1ccc(S(=O)(=O)OCCCn2c(C)nc3ccccc3c2=O)cc1. The summed E-state index contributed by atoms with van der Waals surface area (Å²) in [7, 11) is -3.79. The molecule has 0 aliphatic carbocycles. The molecule has 0 atom stereocenters. The van der Waals surface area contributed by atoms with Crippen molar-refractivity contribution in [3.05, 3.63) is 70.3 Å². The van der Waals surface area contributed by atoms with Gasteiger partial charge in [0.2, 0.25) is 0 Å². The molecule has 26 heavy (non-hydrogen) atoms. The molecule has 0 saturated carbocycles. The predicted molar refractivity (Wildman–Crippen MR) is 99.7 cm³/mol. The summed E-state index contributed by atoms with van der Waals surface area (Å²) >= 11 is 0. The Morgan fingerprint density at radius 2 is 1.73 bits per heavy atom. The lowest BCUT2D eigenvalue weighted by Gasteiger charge is -2.11. The van der Waals surface area contributed by atoms with E-state index in [1.165, 1.54) is 12.1 Å². The highest BCUT2D eigenvalue weighted by molar-refractivity contribution is 7.86. The van der Waals surface area contributed by atoms with Gasteiger partial charge in [0, 0.05) is 6.54 Å². The van der Waals surface area contributed by atoms with Crippen LogP contribution in [0.3, 0.4) is 0 Å². The van der Waals surface area contributed by atoms with Gasteiger partial charge in [-0.2, -0.15) is 8.42 Å². The summed E-state index contributed by atoms with van der Waals surface area (Å²) in [5.74, 6) is 0.593. The lowest BCUT2D eigenvalue weighted by molar-refractivity contribution is 0.302. The molecule has 1 heterocycles. The highest BCUT2D eigenvalue weighted by Crippen LogP contribution is 2.14. The summed E-state index contributed by atoms with van der Waals surface area (Å²) in [5.41, 5.74) is 1.50. The number of benzene rings is 2. The van der Waals surface area contributed by atoms with Gasteiger partial charge in [-0.3, -0.25) is 13.5 Å². The third-order valence-electron chi connectivity index (χ3n) is 4.13. The Bertz CT molecular complexity index is 1090. The van der Waals surface area contributed by atoms with Gasteiger partial charge < -0.3 is 0 Å². The molecule has 0 spiro atoms. The van der Waals surface area contributed by atoms with Crippen molar-refractivity contribution in [1.82, 2.24) is 9.55 Å². The molecule has 2 aromatic carbocycles. The summed E-state index contributed by atoms with van der Waals surface area (Å²) in [4.78, 5) is 17.1. The van der Waals surface area contributed by atoms with Crippen molar-refractivity contribution in [3.63, 3.8) is 0 Å². The molecule has 1 aromatic heterocycles. The fraction of sp³-hybridized carbons (Fsp3) is 0.263. The van der Waals surface area contributed by atoms with E-state index in [0.717, 1.165) is 5.56 Å². The Morgan fingerprint density at radius 1 is 1.04 bits per heavy atom. The number of hydrogen-bond acceptors (Lipinski definition) is 5.